The summed E-state index contributed by atoms with van der Waals surface area (Å²) in [6.45, 7) is 2.96. The SMILES string of the molecule is CCN(CCNC(=O)[C@H]1CCCN1C(=O)c1cc(Cl)ccc1Cl)CC(F)F. The molecule has 2 rings (SSSR count). The van der Waals surface area contributed by atoms with Gasteiger partial charge in [0.05, 0.1) is 17.1 Å². The van der Waals surface area contributed by atoms with E-state index in [9.17, 15) is 18.4 Å². The number of halogens is 4. The highest BCUT2D eigenvalue weighted by molar-refractivity contribution is 6.35. The predicted octanol–water partition coefficient (Wildman–Crippen LogP) is 3.30. The highest BCUT2D eigenvalue weighted by Crippen LogP contribution is 2.26. The van der Waals surface area contributed by atoms with Crippen molar-refractivity contribution in [1.82, 2.24) is 15.1 Å². The van der Waals surface area contributed by atoms with E-state index in [0.29, 0.717) is 37.5 Å². The van der Waals surface area contributed by atoms with E-state index in [4.69, 9.17) is 23.2 Å². The monoisotopic (exact) mass is 421 g/mol. The summed E-state index contributed by atoms with van der Waals surface area (Å²) in [4.78, 5) is 28.4. The Bertz CT molecular complexity index is 676. The summed E-state index contributed by atoms with van der Waals surface area (Å²) in [5.74, 6) is -0.625. The second-order valence-corrected chi connectivity index (χ2v) is 7.20. The Morgan fingerprint density at radius 3 is 2.78 bits per heavy atom. The highest BCUT2D eigenvalue weighted by Gasteiger charge is 2.35. The molecule has 0 radical (unpaired) electrons. The molecule has 0 spiro atoms. The largest absolute Gasteiger partial charge is 0.353 e. The van der Waals surface area contributed by atoms with Gasteiger partial charge >= 0.3 is 0 Å². The van der Waals surface area contributed by atoms with Crippen LogP contribution in [0.15, 0.2) is 18.2 Å². The molecule has 27 heavy (non-hydrogen) atoms. The summed E-state index contributed by atoms with van der Waals surface area (Å²) >= 11 is 12.0. The van der Waals surface area contributed by atoms with Crippen molar-refractivity contribution >= 4 is 35.0 Å². The summed E-state index contributed by atoms with van der Waals surface area (Å²) in [7, 11) is 0. The summed E-state index contributed by atoms with van der Waals surface area (Å²) < 4.78 is 24.9. The first kappa shape index (κ1) is 21.9. The van der Waals surface area contributed by atoms with Gasteiger partial charge in [-0.25, -0.2) is 8.78 Å². The molecule has 1 aliphatic heterocycles. The number of benzene rings is 1. The Balaban J connectivity index is 1.95. The third kappa shape index (κ3) is 6.02. The normalized spacial score (nSPS) is 17.0. The molecule has 1 aliphatic rings. The number of carbonyl (C=O) groups is 2. The van der Waals surface area contributed by atoms with E-state index in [1.807, 2.05) is 0 Å². The molecule has 0 saturated carbocycles. The van der Waals surface area contributed by atoms with Crippen molar-refractivity contribution in [1.29, 1.82) is 0 Å². The zero-order valence-corrected chi connectivity index (χ0v) is 16.6. The number of hydrogen-bond acceptors (Lipinski definition) is 3. The number of nitrogens with one attached hydrogen (secondary N) is 1. The number of nitrogens with zero attached hydrogens (tertiary/aromatic N) is 2. The molecule has 1 heterocycles. The zero-order chi connectivity index (χ0) is 20.0. The highest BCUT2D eigenvalue weighted by atomic mass is 35.5. The molecule has 0 aliphatic carbocycles. The van der Waals surface area contributed by atoms with Crippen molar-refractivity contribution in [3.05, 3.63) is 33.8 Å². The Kier molecular flexibility index (Phi) is 8.26. The number of likely N-dealkylation sites (tertiary alicyclic amines) is 1. The molecule has 1 fully saturated rings. The van der Waals surface area contributed by atoms with E-state index in [1.54, 1.807) is 24.0 Å². The van der Waals surface area contributed by atoms with Crippen LogP contribution in [0.1, 0.15) is 30.1 Å². The lowest BCUT2D eigenvalue weighted by atomic mass is 10.1. The lowest BCUT2D eigenvalue weighted by Crippen LogP contribution is -2.47. The van der Waals surface area contributed by atoms with E-state index in [2.05, 4.69) is 5.32 Å². The maximum absolute atomic E-state index is 12.8. The van der Waals surface area contributed by atoms with Gasteiger partial charge in [-0.15, -0.1) is 0 Å². The van der Waals surface area contributed by atoms with Crippen LogP contribution in [0.3, 0.4) is 0 Å². The first-order chi connectivity index (χ1) is 12.8. The van der Waals surface area contributed by atoms with Gasteiger partial charge in [-0.05, 0) is 37.6 Å². The predicted molar refractivity (Wildman–Crippen MR) is 102 cm³/mol. The molecule has 0 bridgehead atoms. The van der Waals surface area contributed by atoms with Crippen LogP contribution in [0.2, 0.25) is 10.0 Å². The molecule has 1 atom stereocenters. The molecule has 1 aromatic rings. The minimum atomic E-state index is -2.41. The number of rotatable bonds is 8. The Morgan fingerprint density at radius 1 is 1.37 bits per heavy atom. The zero-order valence-electron chi connectivity index (χ0n) is 15.1. The quantitative estimate of drug-likeness (QED) is 0.700. The van der Waals surface area contributed by atoms with E-state index in [1.165, 1.54) is 11.0 Å². The second kappa shape index (κ2) is 10.2. The average molecular weight is 422 g/mol. The van der Waals surface area contributed by atoms with Gasteiger partial charge in [-0.1, -0.05) is 30.1 Å². The lowest BCUT2D eigenvalue weighted by molar-refractivity contribution is -0.124. The smallest absolute Gasteiger partial charge is 0.256 e. The molecular weight excluding hydrogens is 399 g/mol. The maximum atomic E-state index is 12.8. The molecule has 5 nitrogen and oxygen atoms in total. The Labute approximate surface area is 167 Å². The van der Waals surface area contributed by atoms with Crippen molar-refractivity contribution in [3.8, 4) is 0 Å². The molecule has 1 aromatic carbocycles. The summed E-state index contributed by atoms with van der Waals surface area (Å²) in [6.07, 6.45) is -1.16. The van der Waals surface area contributed by atoms with Crippen molar-refractivity contribution in [2.75, 3.05) is 32.7 Å². The van der Waals surface area contributed by atoms with Crippen molar-refractivity contribution in [3.63, 3.8) is 0 Å². The lowest BCUT2D eigenvalue weighted by Gasteiger charge is -2.25. The van der Waals surface area contributed by atoms with E-state index in [-0.39, 0.29) is 35.5 Å². The van der Waals surface area contributed by atoms with Gasteiger partial charge in [0.1, 0.15) is 6.04 Å². The topological polar surface area (TPSA) is 52.7 Å². The molecule has 1 N–H and O–H groups in total. The van der Waals surface area contributed by atoms with Gasteiger partial charge in [0, 0.05) is 24.7 Å². The number of likely N-dealkylation sites (N-methyl/N-ethyl adjacent to an activating group) is 1. The van der Waals surface area contributed by atoms with E-state index >= 15 is 0 Å². The molecule has 150 valence electrons. The van der Waals surface area contributed by atoms with Crippen LogP contribution in [0.25, 0.3) is 0 Å². The number of hydrogen-bond donors (Lipinski definition) is 1. The van der Waals surface area contributed by atoms with Crippen LogP contribution in [0.5, 0.6) is 0 Å². The fraction of sp³-hybridized carbons (Fsp3) is 0.556. The Morgan fingerprint density at radius 2 is 2.11 bits per heavy atom. The van der Waals surface area contributed by atoms with Gasteiger partial charge in [-0.3, -0.25) is 14.5 Å². The van der Waals surface area contributed by atoms with Crippen LogP contribution in [-0.2, 0) is 4.79 Å². The third-order valence-corrected chi connectivity index (χ3v) is 5.11. The van der Waals surface area contributed by atoms with Crippen LogP contribution in [0, 0.1) is 0 Å². The van der Waals surface area contributed by atoms with Crippen molar-refractivity contribution in [2.24, 2.45) is 0 Å². The van der Waals surface area contributed by atoms with Gasteiger partial charge in [0.2, 0.25) is 5.91 Å². The van der Waals surface area contributed by atoms with Gasteiger partial charge in [-0.2, -0.15) is 0 Å². The minimum Gasteiger partial charge on any atom is -0.353 e. The average Bonchev–Trinajstić information content (AvgIpc) is 3.11. The fourth-order valence-corrected chi connectivity index (χ4v) is 3.50. The van der Waals surface area contributed by atoms with Crippen LogP contribution >= 0.6 is 23.2 Å². The van der Waals surface area contributed by atoms with Crippen molar-refractivity contribution < 1.29 is 18.4 Å². The number of alkyl halides is 2. The van der Waals surface area contributed by atoms with Gasteiger partial charge in [0.25, 0.3) is 12.3 Å². The molecule has 2 amide bonds. The Hall–Kier alpha value is -1.44. The standard InChI is InChI=1S/C18H23Cl2F2N3O2/c1-2-24(11-16(21)22)9-7-23-17(26)15-4-3-8-25(15)18(27)13-10-12(19)5-6-14(13)20/h5-6,10,15-16H,2-4,7-9,11H2,1H3,(H,23,26)/t15-/m1/s1. The molecule has 0 aromatic heterocycles. The second-order valence-electron chi connectivity index (χ2n) is 6.36. The third-order valence-electron chi connectivity index (χ3n) is 4.55. The first-order valence-electron chi connectivity index (χ1n) is 8.87. The number of amides is 2. The van der Waals surface area contributed by atoms with E-state index in [0.717, 1.165) is 0 Å². The maximum Gasteiger partial charge on any atom is 0.256 e. The molecule has 9 heteroatoms. The summed E-state index contributed by atoms with van der Waals surface area (Å²) in [6, 6.07) is 4.03. The van der Waals surface area contributed by atoms with Crippen LogP contribution in [0.4, 0.5) is 8.78 Å². The van der Waals surface area contributed by atoms with Crippen LogP contribution < -0.4 is 5.32 Å². The molecule has 0 unspecified atom stereocenters. The summed E-state index contributed by atoms with van der Waals surface area (Å²) in [5, 5.41) is 3.42. The van der Waals surface area contributed by atoms with Gasteiger partial charge < -0.3 is 10.2 Å². The van der Waals surface area contributed by atoms with E-state index < -0.39 is 12.5 Å². The van der Waals surface area contributed by atoms with Crippen LogP contribution in [-0.4, -0.2) is 66.8 Å². The number of carbonyl (C=O) groups excluding carboxylic acids is 2. The molecule has 1 saturated heterocycles. The fourth-order valence-electron chi connectivity index (χ4n) is 3.13. The van der Waals surface area contributed by atoms with Gasteiger partial charge in [0.15, 0.2) is 0 Å². The minimum absolute atomic E-state index is 0.246. The summed E-state index contributed by atoms with van der Waals surface area (Å²) in [5.41, 5.74) is 0.262. The molecular formula is C18H23Cl2F2N3O2. The van der Waals surface area contributed by atoms with Crippen molar-refractivity contribution in [2.45, 2.75) is 32.2 Å². The first-order valence-corrected chi connectivity index (χ1v) is 9.63.